The number of carbonyl (C=O) groups excluding carboxylic acids is 1. The van der Waals surface area contributed by atoms with Crippen molar-refractivity contribution in [3.8, 4) is 11.3 Å². The number of para-hydroxylation sites is 1. The zero-order valence-corrected chi connectivity index (χ0v) is 15.9. The van der Waals surface area contributed by atoms with Crippen molar-refractivity contribution in [2.24, 2.45) is 5.92 Å². The quantitative estimate of drug-likeness (QED) is 0.554. The van der Waals surface area contributed by atoms with E-state index in [1.165, 1.54) is 0 Å². The molecule has 1 aromatic carbocycles. The molecule has 8 heteroatoms. The monoisotopic (exact) mass is 395 g/mol. The average molecular weight is 395 g/mol. The Balaban J connectivity index is 1.35. The van der Waals surface area contributed by atoms with Crippen LogP contribution in [-0.2, 0) is 4.79 Å². The highest BCUT2D eigenvalue weighted by Gasteiger charge is 2.31. The first-order chi connectivity index (χ1) is 14.7. The van der Waals surface area contributed by atoms with E-state index in [-0.39, 0.29) is 17.9 Å². The lowest BCUT2D eigenvalue weighted by Gasteiger charge is -2.17. The molecule has 30 heavy (non-hydrogen) atoms. The van der Waals surface area contributed by atoms with Gasteiger partial charge in [-0.1, -0.05) is 30.4 Å². The lowest BCUT2D eigenvalue weighted by atomic mass is 9.95. The standard InChI is InChI=1S/C22H17N7O/c30-19-11-14-10-16(5-6-18(14)26-19)25-22-27-21-20(23-7-8-29(21)28-22)15-9-13-3-1-2-4-17(13)24-12-15/h1-10,12,14,18H,11H2,(H,25,28)(H,26,30). The van der Waals surface area contributed by atoms with E-state index in [0.717, 1.165) is 27.9 Å². The van der Waals surface area contributed by atoms with Gasteiger partial charge in [-0.25, -0.2) is 4.52 Å². The van der Waals surface area contributed by atoms with E-state index in [1.807, 2.05) is 42.6 Å². The average Bonchev–Trinajstić information content (AvgIpc) is 3.34. The summed E-state index contributed by atoms with van der Waals surface area (Å²) in [4.78, 5) is 25.3. The van der Waals surface area contributed by atoms with E-state index < -0.39 is 0 Å². The van der Waals surface area contributed by atoms with Gasteiger partial charge in [-0.3, -0.25) is 14.8 Å². The van der Waals surface area contributed by atoms with Crippen molar-refractivity contribution in [1.82, 2.24) is 29.9 Å². The Morgan fingerprint density at radius 1 is 1.20 bits per heavy atom. The van der Waals surface area contributed by atoms with Gasteiger partial charge in [-0.05, 0) is 18.2 Å². The Morgan fingerprint density at radius 2 is 2.13 bits per heavy atom. The molecule has 1 aliphatic carbocycles. The van der Waals surface area contributed by atoms with Crippen molar-refractivity contribution < 1.29 is 4.79 Å². The molecule has 0 saturated carbocycles. The van der Waals surface area contributed by atoms with E-state index in [1.54, 1.807) is 16.9 Å². The van der Waals surface area contributed by atoms with Gasteiger partial charge in [-0.2, -0.15) is 4.98 Å². The van der Waals surface area contributed by atoms with Crippen molar-refractivity contribution in [3.63, 3.8) is 0 Å². The molecule has 8 nitrogen and oxygen atoms in total. The molecular formula is C22H17N7O. The Morgan fingerprint density at radius 3 is 3.10 bits per heavy atom. The third-order valence-electron chi connectivity index (χ3n) is 5.46. The second-order valence-electron chi connectivity index (χ2n) is 7.46. The van der Waals surface area contributed by atoms with Crippen LogP contribution in [0.2, 0.25) is 0 Å². The summed E-state index contributed by atoms with van der Waals surface area (Å²) in [7, 11) is 0. The first kappa shape index (κ1) is 16.8. The summed E-state index contributed by atoms with van der Waals surface area (Å²) >= 11 is 0. The number of nitrogens with one attached hydrogen (secondary N) is 2. The molecular weight excluding hydrogens is 378 g/mol. The summed E-state index contributed by atoms with van der Waals surface area (Å²) < 4.78 is 1.70. The predicted molar refractivity (Wildman–Crippen MR) is 112 cm³/mol. The first-order valence-electron chi connectivity index (χ1n) is 9.76. The number of fused-ring (bicyclic) bond motifs is 3. The summed E-state index contributed by atoms with van der Waals surface area (Å²) in [6.07, 6.45) is 11.8. The molecule has 3 aromatic heterocycles. The summed E-state index contributed by atoms with van der Waals surface area (Å²) in [6.45, 7) is 0. The van der Waals surface area contributed by atoms with Gasteiger partial charge in [0, 0.05) is 47.6 Å². The number of allylic oxidation sites excluding steroid dienone is 1. The van der Waals surface area contributed by atoms with Crippen LogP contribution in [0.1, 0.15) is 6.42 Å². The predicted octanol–water partition coefficient (Wildman–Crippen LogP) is 2.71. The van der Waals surface area contributed by atoms with Crippen LogP contribution in [0.5, 0.6) is 0 Å². The molecule has 6 rings (SSSR count). The van der Waals surface area contributed by atoms with Crippen molar-refractivity contribution in [2.45, 2.75) is 12.5 Å². The third-order valence-corrected chi connectivity index (χ3v) is 5.46. The fraction of sp³-hybridized carbons (Fsp3) is 0.136. The Labute approximate surface area is 171 Å². The summed E-state index contributed by atoms with van der Waals surface area (Å²) in [6, 6.07) is 10.1. The lowest BCUT2D eigenvalue weighted by Crippen LogP contribution is -2.28. The van der Waals surface area contributed by atoms with Gasteiger partial charge >= 0.3 is 0 Å². The van der Waals surface area contributed by atoms with E-state index in [2.05, 4.69) is 42.8 Å². The fourth-order valence-corrected chi connectivity index (χ4v) is 4.03. The summed E-state index contributed by atoms with van der Waals surface area (Å²) in [5.74, 6) is 0.713. The Bertz CT molecular complexity index is 1370. The topological polar surface area (TPSA) is 97.1 Å². The second-order valence-corrected chi connectivity index (χ2v) is 7.46. The van der Waals surface area contributed by atoms with Gasteiger partial charge in [0.15, 0.2) is 5.65 Å². The van der Waals surface area contributed by atoms with Gasteiger partial charge in [0.25, 0.3) is 0 Å². The number of hydrogen-bond donors (Lipinski definition) is 2. The van der Waals surface area contributed by atoms with Crippen molar-refractivity contribution >= 4 is 28.4 Å². The lowest BCUT2D eigenvalue weighted by molar-refractivity contribution is -0.119. The van der Waals surface area contributed by atoms with Crippen molar-refractivity contribution in [2.75, 3.05) is 5.32 Å². The number of carbonyl (C=O) groups is 1. The Kier molecular flexibility index (Phi) is 3.64. The number of nitrogens with zero attached hydrogens (tertiary/aromatic N) is 5. The fourth-order valence-electron chi connectivity index (χ4n) is 4.03. The zero-order chi connectivity index (χ0) is 20.1. The minimum atomic E-state index is 0.0771. The van der Waals surface area contributed by atoms with Crippen LogP contribution in [0.3, 0.4) is 0 Å². The highest BCUT2D eigenvalue weighted by molar-refractivity contribution is 5.85. The molecule has 2 unspecified atom stereocenters. The maximum Gasteiger partial charge on any atom is 0.247 e. The highest BCUT2D eigenvalue weighted by atomic mass is 16.2. The van der Waals surface area contributed by atoms with Crippen LogP contribution in [0.15, 0.2) is 72.8 Å². The molecule has 1 amide bonds. The molecule has 1 fully saturated rings. The van der Waals surface area contributed by atoms with Crippen LogP contribution in [0.25, 0.3) is 27.8 Å². The number of hydrogen-bond acceptors (Lipinski definition) is 6. The summed E-state index contributed by atoms with van der Waals surface area (Å²) in [5, 5.41) is 11.8. The van der Waals surface area contributed by atoms with E-state index in [0.29, 0.717) is 18.0 Å². The molecule has 4 heterocycles. The number of aromatic nitrogens is 5. The van der Waals surface area contributed by atoms with Gasteiger partial charge in [-0.15, -0.1) is 5.10 Å². The Hall–Kier alpha value is -4.07. The van der Waals surface area contributed by atoms with Crippen molar-refractivity contribution in [3.05, 3.63) is 72.8 Å². The molecule has 0 bridgehead atoms. The van der Waals surface area contributed by atoms with Crippen LogP contribution >= 0.6 is 0 Å². The smallest absolute Gasteiger partial charge is 0.247 e. The van der Waals surface area contributed by atoms with Crippen LogP contribution in [-0.4, -0.2) is 36.5 Å². The zero-order valence-electron chi connectivity index (χ0n) is 15.9. The SMILES string of the molecule is O=C1CC2C=C(Nc3nc4c(-c5cnc6ccccc6c5)nccn4n3)C=CC2N1. The molecule has 1 aliphatic heterocycles. The highest BCUT2D eigenvalue weighted by Crippen LogP contribution is 2.27. The van der Waals surface area contributed by atoms with Gasteiger partial charge in [0.1, 0.15) is 5.69 Å². The van der Waals surface area contributed by atoms with Crippen LogP contribution < -0.4 is 10.6 Å². The normalized spacial score (nSPS) is 20.3. The van der Waals surface area contributed by atoms with E-state index >= 15 is 0 Å². The first-order valence-corrected chi connectivity index (χ1v) is 9.76. The molecule has 4 aromatic rings. The number of pyridine rings is 1. The molecule has 0 spiro atoms. The van der Waals surface area contributed by atoms with Crippen LogP contribution in [0.4, 0.5) is 5.95 Å². The molecule has 2 N–H and O–H groups in total. The number of anilines is 1. The number of benzene rings is 1. The van der Waals surface area contributed by atoms with E-state index in [4.69, 9.17) is 0 Å². The maximum absolute atomic E-state index is 11.6. The molecule has 2 aliphatic rings. The molecule has 146 valence electrons. The van der Waals surface area contributed by atoms with E-state index in [9.17, 15) is 4.79 Å². The van der Waals surface area contributed by atoms with Crippen molar-refractivity contribution in [1.29, 1.82) is 0 Å². The molecule has 2 atom stereocenters. The molecule has 0 radical (unpaired) electrons. The second kappa shape index (κ2) is 6.48. The van der Waals surface area contributed by atoms with Gasteiger partial charge < -0.3 is 10.6 Å². The number of rotatable bonds is 3. The number of amides is 1. The van der Waals surface area contributed by atoms with Gasteiger partial charge in [0.2, 0.25) is 11.9 Å². The minimum absolute atomic E-state index is 0.0771. The van der Waals surface area contributed by atoms with Crippen LogP contribution in [0, 0.1) is 5.92 Å². The largest absolute Gasteiger partial charge is 0.349 e. The minimum Gasteiger partial charge on any atom is -0.349 e. The van der Waals surface area contributed by atoms with Gasteiger partial charge in [0.05, 0.1) is 11.6 Å². The molecule has 1 saturated heterocycles. The third kappa shape index (κ3) is 2.81. The summed E-state index contributed by atoms with van der Waals surface area (Å²) in [5.41, 5.74) is 4.06. The maximum atomic E-state index is 11.6.